The van der Waals surface area contributed by atoms with Crippen LogP contribution in [0, 0.1) is 6.92 Å². The van der Waals surface area contributed by atoms with Gasteiger partial charge in [0.1, 0.15) is 5.75 Å². The fraction of sp³-hybridized carbons (Fsp3) is 0.316. The molecule has 24 heavy (non-hydrogen) atoms. The minimum atomic E-state index is -0.230. The van der Waals surface area contributed by atoms with Crippen LogP contribution in [0.25, 0.3) is 0 Å². The summed E-state index contributed by atoms with van der Waals surface area (Å²) in [5.41, 5.74) is 3.05. The van der Waals surface area contributed by atoms with E-state index in [9.17, 15) is 4.79 Å². The van der Waals surface area contributed by atoms with Gasteiger partial charge in [0, 0.05) is 17.1 Å². The zero-order valence-corrected chi connectivity index (χ0v) is 15.0. The summed E-state index contributed by atoms with van der Waals surface area (Å²) in [5, 5.41) is 6.44. The maximum atomic E-state index is 12.1. The molecule has 0 heterocycles. The van der Waals surface area contributed by atoms with Crippen molar-refractivity contribution in [2.24, 2.45) is 0 Å². The predicted molar refractivity (Wildman–Crippen MR) is 97.6 cm³/mol. The van der Waals surface area contributed by atoms with Gasteiger partial charge >= 0.3 is 6.03 Å². The lowest BCUT2D eigenvalue weighted by Gasteiger charge is -2.19. The largest absolute Gasteiger partial charge is 0.494 e. The number of hydrogen-bond acceptors (Lipinski definition) is 2. The Labute approximate surface area is 148 Å². The van der Waals surface area contributed by atoms with Crippen LogP contribution in [0.4, 0.5) is 4.79 Å². The number of nitrogens with one attached hydrogen (secondary N) is 2. The van der Waals surface area contributed by atoms with Crippen molar-refractivity contribution < 1.29 is 9.53 Å². The highest BCUT2D eigenvalue weighted by Gasteiger charge is 2.14. The van der Waals surface area contributed by atoms with Gasteiger partial charge in [-0.3, -0.25) is 0 Å². The maximum absolute atomic E-state index is 12.1. The number of hydrogen-bond donors (Lipinski definition) is 2. The summed E-state index contributed by atoms with van der Waals surface area (Å²) in [6.07, 6.45) is 0. The molecule has 0 aliphatic carbocycles. The first-order chi connectivity index (χ1) is 11.5. The van der Waals surface area contributed by atoms with Crippen LogP contribution in [0.5, 0.6) is 5.75 Å². The molecule has 0 aliphatic rings. The number of aryl methyl sites for hydroxylation is 1. The Balaban J connectivity index is 1.97. The van der Waals surface area contributed by atoms with Gasteiger partial charge in [0.2, 0.25) is 0 Å². The first kappa shape index (κ1) is 18.1. The number of urea groups is 1. The second kappa shape index (κ2) is 8.60. The molecule has 0 bridgehead atoms. The fourth-order valence-corrected chi connectivity index (χ4v) is 2.66. The number of rotatable bonds is 6. The van der Waals surface area contributed by atoms with E-state index in [1.165, 1.54) is 0 Å². The van der Waals surface area contributed by atoms with Gasteiger partial charge < -0.3 is 15.4 Å². The molecule has 0 spiro atoms. The lowest BCUT2D eigenvalue weighted by Crippen LogP contribution is -2.36. The van der Waals surface area contributed by atoms with Crippen molar-refractivity contribution in [1.29, 1.82) is 0 Å². The van der Waals surface area contributed by atoms with E-state index in [1.807, 2.05) is 57.2 Å². The first-order valence-corrected chi connectivity index (χ1v) is 8.39. The molecule has 1 atom stereocenters. The van der Waals surface area contributed by atoms with Crippen molar-refractivity contribution in [2.75, 3.05) is 6.61 Å². The van der Waals surface area contributed by atoms with E-state index in [-0.39, 0.29) is 12.1 Å². The Morgan fingerprint density at radius 1 is 1.25 bits per heavy atom. The molecular weight excluding hydrogens is 324 g/mol. The molecule has 0 radical (unpaired) electrons. The average Bonchev–Trinajstić information content (AvgIpc) is 2.55. The SMILES string of the molecule is CCOc1ccc(C)cc1C(C)NC(=O)NCc1cccc(Cl)c1. The third-order valence-electron chi connectivity index (χ3n) is 3.62. The molecule has 128 valence electrons. The molecule has 0 fully saturated rings. The van der Waals surface area contributed by atoms with Crippen LogP contribution in [0.1, 0.15) is 36.6 Å². The topological polar surface area (TPSA) is 50.4 Å². The van der Waals surface area contributed by atoms with Crippen molar-refractivity contribution in [3.8, 4) is 5.75 Å². The van der Waals surface area contributed by atoms with Crippen LogP contribution in [-0.2, 0) is 6.54 Å². The van der Waals surface area contributed by atoms with E-state index >= 15 is 0 Å². The van der Waals surface area contributed by atoms with Gasteiger partial charge in [-0.2, -0.15) is 0 Å². The molecule has 0 aromatic heterocycles. The van der Waals surface area contributed by atoms with E-state index in [4.69, 9.17) is 16.3 Å². The monoisotopic (exact) mass is 346 g/mol. The average molecular weight is 347 g/mol. The number of carbonyl (C=O) groups is 1. The lowest BCUT2D eigenvalue weighted by atomic mass is 10.0. The highest BCUT2D eigenvalue weighted by molar-refractivity contribution is 6.30. The van der Waals surface area contributed by atoms with Crippen LogP contribution < -0.4 is 15.4 Å². The summed E-state index contributed by atoms with van der Waals surface area (Å²) in [7, 11) is 0. The van der Waals surface area contributed by atoms with Crippen LogP contribution in [0.3, 0.4) is 0 Å². The van der Waals surface area contributed by atoms with E-state index in [0.29, 0.717) is 18.2 Å². The second-order valence-electron chi connectivity index (χ2n) is 5.65. The summed E-state index contributed by atoms with van der Waals surface area (Å²) >= 11 is 5.94. The normalized spacial score (nSPS) is 11.7. The number of benzene rings is 2. The van der Waals surface area contributed by atoms with Crippen molar-refractivity contribution in [2.45, 2.75) is 33.4 Å². The molecule has 2 N–H and O–H groups in total. The number of carbonyl (C=O) groups excluding carboxylic acids is 1. The summed E-state index contributed by atoms with van der Waals surface area (Å²) in [6, 6.07) is 13.0. The molecular formula is C19H23ClN2O2. The van der Waals surface area contributed by atoms with Crippen molar-refractivity contribution in [3.05, 3.63) is 64.2 Å². The van der Waals surface area contributed by atoms with Crippen LogP contribution in [0.15, 0.2) is 42.5 Å². The summed E-state index contributed by atoms with van der Waals surface area (Å²) in [6.45, 7) is 6.91. The Morgan fingerprint density at radius 2 is 2.04 bits per heavy atom. The van der Waals surface area contributed by atoms with Gasteiger partial charge in [0.15, 0.2) is 0 Å². The third-order valence-corrected chi connectivity index (χ3v) is 3.86. The third kappa shape index (κ3) is 5.17. The fourth-order valence-electron chi connectivity index (χ4n) is 2.45. The Kier molecular flexibility index (Phi) is 6.50. The molecule has 2 rings (SSSR count). The Bertz CT molecular complexity index is 704. The van der Waals surface area contributed by atoms with E-state index in [2.05, 4.69) is 10.6 Å². The van der Waals surface area contributed by atoms with Gasteiger partial charge in [-0.15, -0.1) is 0 Å². The smallest absolute Gasteiger partial charge is 0.315 e. The first-order valence-electron chi connectivity index (χ1n) is 8.01. The van der Waals surface area contributed by atoms with Gasteiger partial charge in [-0.05, 0) is 44.5 Å². The van der Waals surface area contributed by atoms with Crippen LogP contribution >= 0.6 is 11.6 Å². The van der Waals surface area contributed by atoms with Crippen LogP contribution in [-0.4, -0.2) is 12.6 Å². The van der Waals surface area contributed by atoms with Gasteiger partial charge in [0.05, 0.1) is 12.6 Å². The second-order valence-corrected chi connectivity index (χ2v) is 6.09. The molecule has 2 aromatic rings. The molecule has 5 heteroatoms. The van der Waals surface area contributed by atoms with Crippen molar-refractivity contribution in [3.63, 3.8) is 0 Å². The molecule has 1 unspecified atom stereocenters. The minimum absolute atomic E-state index is 0.161. The van der Waals surface area contributed by atoms with Crippen molar-refractivity contribution in [1.82, 2.24) is 10.6 Å². The molecule has 4 nitrogen and oxygen atoms in total. The highest BCUT2D eigenvalue weighted by atomic mass is 35.5. The Morgan fingerprint density at radius 3 is 2.75 bits per heavy atom. The quantitative estimate of drug-likeness (QED) is 0.802. The maximum Gasteiger partial charge on any atom is 0.315 e. The molecule has 0 aliphatic heterocycles. The lowest BCUT2D eigenvalue weighted by molar-refractivity contribution is 0.237. The molecule has 2 amide bonds. The summed E-state index contributed by atoms with van der Waals surface area (Å²) in [4.78, 5) is 12.1. The minimum Gasteiger partial charge on any atom is -0.494 e. The highest BCUT2D eigenvalue weighted by Crippen LogP contribution is 2.26. The van der Waals surface area contributed by atoms with E-state index in [1.54, 1.807) is 6.07 Å². The Hall–Kier alpha value is -2.20. The number of halogens is 1. The van der Waals surface area contributed by atoms with Gasteiger partial charge in [-0.1, -0.05) is 41.4 Å². The molecule has 0 saturated carbocycles. The standard InChI is InChI=1S/C19H23ClN2O2/c1-4-24-18-9-8-13(2)10-17(18)14(3)22-19(23)21-12-15-6-5-7-16(20)11-15/h5-11,14H,4,12H2,1-3H3,(H2,21,22,23). The number of ether oxygens (including phenoxy) is 1. The molecule has 2 aromatic carbocycles. The van der Waals surface area contributed by atoms with Gasteiger partial charge in [0.25, 0.3) is 0 Å². The predicted octanol–water partition coefficient (Wildman–Crippen LogP) is 4.61. The summed E-state index contributed by atoms with van der Waals surface area (Å²) in [5.74, 6) is 0.797. The zero-order valence-electron chi connectivity index (χ0n) is 14.2. The summed E-state index contributed by atoms with van der Waals surface area (Å²) < 4.78 is 5.65. The van der Waals surface area contributed by atoms with Crippen molar-refractivity contribution >= 4 is 17.6 Å². The molecule has 0 saturated heterocycles. The number of amides is 2. The van der Waals surface area contributed by atoms with E-state index < -0.39 is 0 Å². The van der Waals surface area contributed by atoms with Gasteiger partial charge in [-0.25, -0.2) is 4.79 Å². The van der Waals surface area contributed by atoms with Crippen LogP contribution in [0.2, 0.25) is 5.02 Å². The van der Waals surface area contributed by atoms with E-state index in [0.717, 1.165) is 22.4 Å². The zero-order chi connectivity index (χ0) is 17.5.